The number of aryl methyl sites for hydroxylation is 1. The summed E-state index contributed by atoms with van der Waals surface area (Å²) in [5.41, 5.74) is 1.90. The van der Waals surface area contributed by atoms with Crippen molar-refractivity contribution in [2.45, 2.75) is 19.9 Å². The molecule has 2 amide bonds. The van der Waals surface area contributed by atoms with E-state index in [2.05, 4.69) is 32.2 Å². The van der Waals surface area contributed by atoms with Crippen molar-refractivity contribution in [3.8, 4) is 0 Å². The van der Waals surface area contributed by atoms with Crippen LogP contribution in [0.2, 0.25) is 0 Å². The molecule has 0 aliphatic heterocycles. The molecule has 0 saturated carbocycles. The summed E-state index contributed by atoms with van der Waals surface area (Å²) in [6, 6.07) is 7.65. The van der Waals surface area contributed by atoms with Crippen molar-refractivity contribution in [3.63, 3.8) is 0 Å². The van der Waals surface area contributed by atoms with E-state index in [-0.39, 0.29) is 12.1 Å². The van der Waals surface area contributed by atoms with E-state index in [0.717, 1.165) is 17.2 Å². The van der Waals surface area contributed by atoms with Crippen LogP contribution in [0, 0.1) is 6.92 Å². The minimum Gasteiger partial charge on any atom is -0.313 e. The minimum absolute atomic E-state index is 0.280. The fraction of sp³-hybridized carbons (Fsp3) is 0.308. The zero-order chi connectivity index (χ0) is 14.5. The van der Waals surface area contributed by atoms with Crippen LogP contribution in [0.4, 0.5) is 15.6 Å². The number of nitrogens with one attached hydrogen (secondary N) is 3. The zero-order valence-corrected chi connectivity index (χ0v) is 12.4. The number of benzene rings is 1. The van der Waals surface area contributed by atoms with Gasteiger partial charge in [-0.05, 0) is 38.6 Å². The van der Waals surface area contributed by atoms with Crippen LogP contribution in [0.5, 0.6) is 0 Å². The van der Waals surface area contributed by atoms with Gasteiger partial charge in [0, 0.05) is 23.3 Å². The molecule has 0 bridgehead atoms. The van der Waals surface area contributed by atoms with Gasteiger partial charge in [-0.1, -0.05) is 12.1 Å². The summed E-state index contributed by atoms with van der Waals surface area (Å²) < 4.78 is 4.00. The number of nitrogens with zero attached hydrogens (tertiary/aromatic N) is 2. The van der Waals surface area contributed by atoms with Gasteiger partial charge in [0.05, 0.1) is 0 Å². The van der Waals surface area contributed by atoms with Gasteiger partial charge in [0.15, 0.2) is 0 Å². The zero-order valence-electron chi connectivity index (χ0n) is 11.6. The predicted octanol–water partition coefficient (Wildman–Crippen LogP) is 2.77. The molecule has 7 heteroatoms. The second kappa shape index (κ2) is 6.44. The van der Waals surface area contributed by atoms with Gasteiger partial charge in [-0.3, -0.25) is 5.32 Å². The molecule has 106 valence electrons. The normalized spacial score (nSPS) is 11.9. The van der Waals surface area contributed by atoms with E-state index in [4.69, 9.17) is 0 Å². The first-order valence-electron chi connectivity index (χ1n) is 6.24. The highest BCUT2D eigenvalue weighted by Crippen LogP contribution is 2.16. The topological polar surface area (TPSA) is 78.9 Å². The van der Waals surface area contributed by atoms with Crippen molar-refractivity contribution in [3.05, 3.63) is 35.7 Å². The Morgan fingerprint density at radius 2 is 1.95 bits per heavy atom. The maximum atomic E-state index is 11.8. The summed E-state index contributed by atoms with van der Waals surface area (Å²) >= 11 is 1.16. The van der Waals surface area contributed by atoms with E-state index in [1.807, 2.05) is 31.3 Å². The lowest BCUT2D eigenvalue weighted by Crippen LogP contribution is -2.19. The van der Waals surface area contributed by atoms with Crippen LogP contribution in [0.1, 0.15) is 24.4 Å². The SMILES string of the molecule is CNC(C)c1ccc(NC(=O)Nc2nc(C)ns2)cc1. The van der Waals surface area contributed by atoms with Gasteiger partial charge in [-0.2, -0.15) is 4.37 Å². The molecule has 0 spiro atoms. The number of carbonyl (C=O) groups excluding carboxylic acids is 1. The molecule has 6 nitrogen and oxygen atoms in total. The van der Waals surface area contributed by atoms with Gasteiger partial charge in [-0.15, -0.1) is 0 Å². The van der Waals surface area contributed by atoms with E-state index in [0.29, 0.717) is 11.0 Å². The fourth-order valence-electron chi connectivity index (χ4n) is 1.63. The Hall–Kier alpha value is -1.99. The van der Waals surface area contributed by atoms with E-state index in [1.165, 1.54) is 5.56 Å². The lowest BCUT2D eigenvalue weighted by atomic mass is 10.1. The molecular weight excluding hydrogens is 274 g/mol. The largest absolute Gasteiger partial charge is 0.325 e. The monoisotopic (exact) mass is 291 g/mol. The average molecular weight is 291 g/mol. The molecule has 1 unspecified atom stereocenters. The third-order valence-electron chi connectivity index (χ3n) is 2.85. The Morgan fingerprint density at radius 1 is 1.25 bits per heavy atom. The van der Waals surface area contributed by atoms with Crippen molar-refractivity contribution < 1.29 is 4.79 Å². The summed E-state index contributed by atoms with van der Waals surface area (Å²) in [6.07, 6.45) is 0. The molecule has 20 heavy (non-hydrogen) atoms. The second-order valence-electron chi connectivity index (χ2n) is 4.36. The van der Waals surface area contributed by atoms with Crippen LogP contribution in [0.25, 0.3) is 0 Å². The molecule has 0 saturated heterocycles. The average Bonchev–Trinajstić information content (AvgIpc) is 2.84. The van der Waals surface area contributed by atoms with Gasteiger partial charge in [0.1, 0.15) is 5.82 Å². The number of hydrogen-bond acceptors (Lipinski definition) is 5. The molecular formula is C13H17N5OS. The standard InChI is InChI=1S/C13H17N5OS/c1-8(14-3)10-4-6-11(7-5-10)16-12(19)17-13-15-9(2)18-20-13/h4-8,14H,1-3H3,(H2,15,16,17,18,19). The summed E-state index contributed by atoms with van der Waals surface area (Å²) in [6.45, 7) is 3.86. The van der Waals surface area contributed by atoms with Crippen LogP contribution in [0.15, 0.2) is 24.3 Å². The third kappa shape index (κ3) is 3.75. The second-order valence-corrected chi connectivity index (χ2v) is 5.11. The maximum absolute atomic E-state index is 11.8. The molecule has 1 aromatic heterocycles. The van der Waals surface area contributed by atoms with E-state index in [9.17, 15) is 4.79 Å². The summed E-state index contributed by atoms with van der Waals surface area (Å²) in [5, 5.41) is 9.04. The van der Waals surface area contributed by atoms with Crippen molar-refractivity contribution in [2.75, 3.05) is 17.7 Å². The number of urea groups is 1. The molecule has 1 heterocycles. The predicted molar refractivity (Wildman–Crippen MR) is 81.2 cm³/mol. The van der Waals surface area contributed by atoms with Crippen molar-refractivity contribution >= 4 is 28.4 Å². The lowest BCUT2D eigenvalue weighted by Gasteiger charge is -2.11. The molecule has 0 aliphatic carbocycles. The number of carbonyl (C=O) groups is 1. The van der Waals surface area contributed by atoms with Crippen LogP contribution in [-0.2, 0) is 0 Å². The highest BCUT2D eigenvalue weighted by Gasteiger charge is 2.07. The maximum Gasteiger partial charge on any atom is 0.325 e. The molecule has 0 radical (unpaired) electrons. The van der Waals surface area contributed by atoms with Crippen LogP contribution < -0.4 is 16.0 Å². The van der Waals surface area contributed by atoms with Crippen LogP contribution >= 0.6 is 11.5 Å². The summed E-state index contributed by atoms with van der Waals surface area (Å²) in [5.74, 6) is 0.649. The van der Waals surface area contributed by atoms with Gasteiger partial charge in [0.25, 0.3) is 0 Å². The van der Waals surface area contributed by atoms with E-state index >= 15 is 0 Å². The summed E-state index contributed by atoms with van der Waals surface area (Å²) in [4.78, 5) is 15.8. The Labute approximate surface area is 121 Å². The first-order valence-corrected chi connectivity index (χ1v) is 7.01. The Bertz CT molecular complexity index is 581. The first-order chi connectivity index (χ1) is 9.58. The van der Waals surface area contributed by atoms with Crippen molar-refractivity contribution in [2.24, 2.45) is 0 Å². The Morgan fingerprint density at radius 3 is 2.50 bits per heavy atom. The minimum atomic E-state index is -0.324. The number of aromatic nitrogens is 2. The molecule has 0 aliphatic rings. The Kier molecular flexibility index (Phi) is 4.65. The van der Waals surface area contributed by atoms with Gasteiger partial charge >= 0.3 is 6.03 Å². The van der Waals surface area contributed by atoms with Gasteiger partial charge < -0.3 is 10.6 Å². The molecule has 2 rings (SSSR count). The van der Waals surface area contributed by atoms with Gasteiger partial charge in [0.2, 0.25) is 5.13 Å². The summed E-state index contributed by atoms with van der Waals surface area (Å²) in [7, 11) is 1.91. The number of anilines is 2. The first kappa shape index (κ1) is 14.4. The van der Waals surface area contributed by atoms with Crippen molar-refractivity contribution in [1.29, 1.82) is 0 Å². The smallest absolute Gasteiger partial charge is 0.313 e. The lowest BCUT2D eigenvalue weighted by molar-refractivity contribution is 0.262. The number of rotatable bonds is 4. The highest BCUT2D eigenvalue weighted by molar-refractivity contribution is 7.09. The van der Waals surface area contributed by atoms with Gasteiger partial charge in [-0.25, -0.2) is 9.78 Å². The molecule has 3 N–H and O–H groups in total. The highest BCUT2D eigenvalue weighted by atomic mass is 32.1. The molecule has 1 aromatic carbocycles. The van der Waals surface area contributed by atoms with Crippen molar-refractivity contribution in [1.82, 2.24) is 14.7 Å². The molecule has 2 aromatic rings. The van der Waals surface area contributed by atoms with E-state index in [1.54, 1.807) is 6.92 Å². The Balaban J connectivity index is 1.94. The molecule has 0 fully saturated rings. The van der Waals surface area contributed by atoms with Crippen LogP contribution in [-0.4, -0.2) is 22.4 Å². The molecule has 1 atom stereocenters. The fourth-order valence-corrected chi connectivity index (χ4v) is 2.20. The van der Waals surface area contributed by atoms with Crippen LogP contribution in [0.3, 0.4) is 0 Å². The quantitative estimate of drug-likeness (QED) is 0.809. The third-order valence-corrected chi connectivity index (χ3v) is 3.57. The number of hydrogen-bond donors (Lipinski definition) is 3. The number of amides is 2. The van der Waals surface area contributed by atoms with E-state index < -0.39 is 0 Å².